The predicted octanol–water partition coefficient (Wildman–Crippen LogP) is 4.72. The lowest BCUT2D eigenvalue weighted by molar-refractivity contribution is 0.0513. The average Bonchev–Trinajstić information content (AvgIpc) is 3.08. The van der Waals surface area contributed by atoms with Crippen molar-refractivity contribution in [2.75, 3.05) is 6.54 Å². The number of aromatic carboxylic acids is 1. The average molecular weight is 438 g/mol. The van der Waals surface area contributed by atoms with Gasteiger partial charge in [0.25, 0.3) is 0 Å². The number of carboxylic acid groups (broad SMARTS) is 1. The Balaban J connectivity index is 1.82. The van der Waals surface area contributed by atoms with Crippen molar-refractivity contribution < 1.29 is 19.4 Å². The number of alkyl carbamates (subject to hydrolysis) is 1. The van der Waals surface area contributed by atoms with Crippen LogP contribution in [0.25, 0.3) is 16.6 Å². The summed E-state index contributed by atoms with van der Waals surface area (Å²) in [7, 11) is 0. The van der Waals surface area contributed by atoms with Crippen LogP contribution < -0.4 is 10.6 Å². The predicted molar refractivity (Wildman–Crippen MR) is 125 cm³/mol. The summed E-state index contributed by atoms with van der Waals surface area (Å²) in [5.74, 6) is -0.958. The number of fused-ring (bicyclic) bond motifs is 1. The Morgan fingerprint density at radius 2 is 1.72 bits per heavy atom. The maximum absolute atomic E-state index is 12.0. The maximum Gasteiger partial charge on any atom is 0.407 e. The molecule has 0 aliphatic carbocycles. The van der Waals surface area contributed by atoms with Gasteiger partial charge in [0.2, 0.25) is 0 Å². The minimum absolute atomic E-state index is 0.246. The van der Waals surface area contributed by atoms with Crippen molar-refractivity contribution in [2.24, 2.45) is 0 Å². The third kappa shape index (κ3) is 5.88. The van der Waals surface area contributed by atoms with Gasteiger partial charge in [0.05, 0.1) is 11.1 Å². The van der Waals surface area contributed by atoms with Crippen molar-refractivity contribution in [3.8, 4) is 5.69 Å². The molecule has 0 atom stereocenters. The van der Waals surface area contributed by atoms with E-state index in [4.69, 9.17) is 4.74 Å². The summed E-state index contributed by atoms with van der Waals surface area (Å²) < 4.78 is 7.36. The van der Waals surface area contributed by atoms with E-state index in [1.54, 1.807) is 12.1 Å². The molecule has 0 fully saturated rings. The monoisotopic (exact) mass is 437 g/mol. The molecule has 0 aliphatic rings. The molecule has 32 heavy (non-hydrogen) atoms. The van der Waals surface area contributed by atoms with E-state index in [9.17, 15) is 14.7 Å². The second-order valence-corrected chi connectivity index (χ2v) is 9.49. The fourth-order valence-corrected chi connectivity index (χ4v) is 3.38. The molecule has 1 heterocycles. The molecular weight excluding hydrogens is 406 g/mol. The van der Waals surface area contributed by atoms with E-state index in [2.05, 4.69) is 15.2 Å². The van der Waals surface area contributed by atoms with Gasteiger partial charge in [-0.15, -0.1) is 0 Å². The molecule has 7 nitrogen and oxygen atoms in total. The van der Waals surface area contributed by atoms with Gasteiger partial charge in [-0.2, -0.15) is 0 Å². The zero-order valence-electron chi connectivity index (χ0n) is 19.2. The van der Waals surface area contributed by atoms with Crippen LogP contribution in [-0.2, 0) is 11.3 Å². The minimum Gasteiger partial charge on any atom is -0.478 e. The molecule has 0 radical (unpaired) electrons. The van der Waals surface area contributed by atoms with Crippen LogP contribution in [0.3, 0.4) is 0 Å². The van der Waals surface area contributed by atoms with E-state index in [0.717, 1.165) is 22.2 Å². The summed E-state index contributed by atoms with van der Waals surface area (Å²) in [6.07, 6.45) is 1.56. The lowest BCUT2D eigenvalue weighted by atomic mass is 10.0. The van der Waals surface area contributed by atoms with Crippen LogP contribution in [-0.4, -0.2) is 39.4 Å². The number of carbonyl (C=O) groups excluding carboxylic acids is 1. The molecule has 2 aromatic carbocycles. The van der Waals surface area contributed by atoms with Crippen molar-refractivity contribution in [3.05, 3.63) is 65.9 Å². The normalized spacial score (nSPS) is 12.0. The molecule has 0 saturated heterocycles. The Labute approximate surface area is 188 Å². The number of carboxylic acids is 1. The largest absolute Gasteiger partial charge is 0.478 e. The van der Waals surface area contributed by atoms with Gasteiger partial charge in [-0.05, 0) is 70.5 Å². The molecule has 7 heteroatoms. The number of amides is 1. The van der Waals surface area contributed by atoms with Crippen molar-refractivity contribution >= 4 is 23.0 Å². The molecule has 1 aromatic heterocycles. The van der Waals surface area contributed by atoms with E-state index in [-0.39, 0.29) is 5.56 Å². The summed E-state index contributed by atoms with van der Waals surface area (Å²) in [6.45, 7) is 10.3. The van der Waals surface area contributed by atoms with Gasteiger partial charge in [0.1, 0.15) is 5.60 Å². The van der Waals surface area contributed by atoms with Gasteiger partial charge in [0, 0.05) is 35.9 Å². The first-order valence-electron chi connectivity index (χ1n) is 10.6. The van der Waals surface area contributed by atoms with Crippen LogP contribution in [0, 0.1) is 0 Å². The Morgan fingerprint density at radius 1 is 1.03 bits per heavy atom. The lowest BCUT2D eigenvalue weighted by Crippen LogP contribution is -2.49. The van der Waals surface area contributed by atoms with Crippen LogP contribution in [0.4, 0.5) is 4.79 Å². The second kappa shape index (κ2) is 9.04. The fraction of sp³-hybridized carbons (Fsp3) is 0.360. The molecule has 0 unspecified atom stereocenters. The van der Waals surface area contributed by atoms with E-state index >= 15 is 0 Å². The number of rotatable bonds is 7. The van der Waals surface area contributed by atoms with Crippen molar-refractivity contribution in [1.82, 2.24) is 15.2 Å². The third-order valence-electron chi connectivity index (χ3n) is 5.00. The first kappa shape index (κ1) is 23.3. The number of hydrogen-bond acceptors (Lipinski definition) is 4. The number of aromatic nitrogens is 1. The fourth-order valence-electron chi connectivity index (χ4n) is 3.38. The van der Waals surface area contributed by atoms with E-state index < -0.39 is 23.2 Å². The standard InChI is InChI=1S/C25H31N3O4/c1-24(2,3)32-23(31)26-16-25(4,5)27-14-18-15-28(19-9-7-6-8-10-19)21-12-11-17(22(29)30)13-20(18)21/h6-13,15,27H,14,16H2,1-5H3,(H,26,31)(H,29,30). The summed E-state index contributed by atoms with van der Waals surface area (Å²) in [5.41, 5.74) is 2.18. The summed E-state index contributed by atoms with van der Waals surface area (Å²) in [5, 5.41) is 16.6. The molecule has 1 amide bonds. The number of nitrogens with zero attached hydrogens (tertiary/aromatic N) is 1. The molecule has 3 rings (SSSR count). The molecule has 3 N–H and O–H groups in total. The molecule has 3 aromatic rings. The van der Waals surface area contributed by atoms with Crippen molar-refractivity contribution in [3.63, 3.8) is 0 Å². The maximum atomic E-state index is 12.0. The summed E-state index contributed by atoms with van der Waals surface area (Å²) in [6, 6.07) is 15.1. The second-order valence-electron chi connectivity index (χ2n) is 9.49. The first-order chi connectivity index (χ1) is 15.0. The minimum atomic E-state index is -0.958. The molecule has 0 aliphatic heterocycles. The van der Waals surface area contributed by atoms with Crippen molar-refractivity contribution in [1.29, 1.82) is 0 Å². The highest BCUT2D eigenvalue weighted by Crippen LogP contribution is 2.27. The van der Waals surface area contributed by atoms with Crippen molar-refractivity contribution in [2.45, 2.75) is 52.3 Å². The van der Waals surface area contributed by atoms with Gasteiger partial charge in [-0.3, -0.25) is 0 Å². The van der Waals surface area contributed by atoms with Gasteiger partial charge in [0.15, 0.2) is 0 Å². The van der Waals surface area contributed by atoms with Gasteiger partial charge in [-0.1, -0.05) is 18.2 Å². The van der Waals surface area contributed by atoms with Crippen LogP contribution in [0.2, 0.25) is 0 Å². The number of carbonyl (C=O) groups is 2. The topological polar surface area (TPSA) is 92.6 Å². The van der Waals surface area contributed by atoms with Crippen LogP contribution in [0.5, 0.6) is 0 Å². The van der Waals surface area contributed by atoms with Gasteiger partial charge >= 0.3 is 12.1 Å². The number of para-hydroxylation sites is 1. The van der Waals surface area contributed by atoms with Crippen LogP contribution >= 0.6 is 0 Å². The number of benzene rings is 2. The first-order valence-corrected chi connectivity index (χ1v) is 10.6. The Kier molecular flexibility index (Phi) is 6.60. The Bertz CT molecular complexity index is 1110. The van der Waals surface area contributed by atoms with Gasteiger partial charge in [-0.25, -0.2) is 9.59 Å². The molecule has 0 saturated carbocycles. The van der Waals surface area contributed by atoms with E-state index in [1.807, 2.05) is 77.2 Å². The zero-order valence-corrected chi connectivity index (χ0v) is 19.2. The molecule has 0 bridgehead atoms. The third-order valence-corrected chi connectivity index (χ3v) is 5.00. The number of ether oxygens (including phenoxy) is 1. The van der Waals surface area contributed by atoms with Crippen LogP contribution in [0.1, 0.15) is 50.5 Å². The number of nitrogens with one attached hydrogen (secondary N) is 2. The molecular formula is C25H31N3O4. The smallest absolute Gasteiger partial charge is 0.407 e. The van der Waals surface area contributed by atoms with Gasteiger partial charge < -0.3 is 25.0 Å². The SMILES string of the molecule is CC(C)(CNC(=O)OC(C)(C)C)NCc1cn(-c2ccccc2)c2ccc(C(=O)O)cc12. The van der Waals surface area contributed by atoms with E-state index in [1.165, 1.54) is 0 Å². The highest BCUT2D eigenvalue weighted by molar-refractivity contribution is 5.95. The molecule has 0 spiro atoms. The highest BCUT2D eigenvalue weighted by atomic mass is 16.6. The lowest BCUT2D eigenvalue weighted by Gasteiger charge is -2.28. The van der Waals surface area contributed by atoms with E-state index in [0.29, 0.717) is 13.1 Å². The highest BCUT2D eigenvalue weighted by Gasteiger charge is 2.22. The summed E-state index contributed by atoms with van der Waals surface area (Å²) >= 11 is 0. The zero-order chi connectivity index (χ0) is 23.5. The molecule has 170 valence electrons. The van der Waals surface area contributed by atoms with Crippen LogP contribution in [0.15, 0.2) is 54.7 Å². The quantitative estimate of drug-likeness (QED) is 0.497. The number of hydrogen-bond donors (Lipinski definition) is 3. The Morgan fingerprint density at radius 3 is 2.34 bits per heavy atom. The summed E-state index contributed by atoms with van der Waals surface area (Å²) in [4.78, 5) is 23.5. The Hall–Kier alpha value is -3.32.